The van der Waals surface area contributed by atoms with E-state index < -0.39 is 6.10 Å². The van der Waals surface area contributed by atoms with Crippen molar-refractivity contribution in [1.82, 2.24) is 0 Å². The summed E-state index contributed by atoms with van der Waals surface area (Å²) >= 11 is 0. The van der Waals surface area contributed by atoms with Gasteiger partial charge in [-0.1, -0.05) is 254 Å². The largest absolute Gasteiger partial charge is 0.462 e. The SMILES string of the molecule is CC/C=C\C/C=C\C/C=C\C/C=C\C/C=C\CCCCCCCCCCCCCC(=O)OCC(COC(=O)CCCCCCCCCCCCC)OC(=O)CCCCCCC/C=C\C/C=C\CCC. The van der Waals surface area contributed by atoms with E-state index >= 15 is 0 Å². The molecule has 1 unspecified atom stereocenters. The van der Waals surface area contributed by atoms with Gasteiger partial charge in [-0.2, -0.15) is 0 Å². The molecule has 0 rings (SSSR count). The molecule has 0 aromatic heterocycles. The fourth-order valence-corrected chi connectivity index (χ4v) is 8.04. The molecule has 0 saturated carbocycles. The summed E-state index contributed by atoms with van der Waals surface area (Å²) in [6.45, 7) is 6.45. The van der Waals surface area contributed by atoms with Crippen molar-refractivity contribution in [3.05, 3.63) is 85.1 Å². The lowest BCUT2D eigenvalue weighted by atomic mass is 10.0. The van der Waals surface area contributed by atoms with Crippen molar-refractivity contribution in [2.24, 2.45) is 0 Å². The third-order valence-electron chi connectivity index (χ3n) is 12.4. The van der Waals surface area contributed by atoms with Gasteiger partial charge in [0.05, 0.1) is 0 Å². The maximum atomic E-state index is 12.8. The molecule has 0 radical (unpaired) electrons. The molecule has 0 aliphatic carbocycles. The number of unbranched alkanes of at least 4 members (excludes halogenated alkanes) is 27. The second kappa shape index (κ2) is 57.2. The van der Waals surface area contributed by atoms with Crippen LogP contribution in [-0.4, -0.2) is 37.2 Å². The van der Waals surface area contributed by atoms with E-state index in [1.165, 1.54) is 116 Å². The van der Waals surface area contributed by atoms with E-state index in [0.717, 1.165) is 122 Å². The second-order valence-electron chi connectivity index (χ2n) is 19.2. The number of esters is 3. The average Bonchev–Trinajstić information content (AvgIpc) is 3.35. The molecule has 1 atom stereocenters. The Labute approximate surface area is 426 Å². The highest BCUT2D eigenvalue weighted by molar-refractivity contribution is 5.71. The number of ether oxygens (including phenoxy) is 3. The van der Waals surface area contributed by atoms with Crippen LogP contribution in [0.1, 0.15) is 278 Å². The molecule has 0 saturated heterocycles. The quantitative estimate of drug-likeness (QED) is 0.0262. The molecule has 6 heteroatoms. The third-order valence-corrected chi connectivity index (χ3v) is 12.4. The van der Waals surface area contributed by atoms with Crippen molar-refractivity contribution in [1.29, 1.82) is 0 Å². The Kier molecular flexibility index (Phi) is 54.3. The zero-order chi connectivity index (χ0) is 50.0. The van der Waals surface area contributed by atoms with Gasteiger partial charge in [-0.25, -0.2) is 0 Å². The van der Waals surface area contributed by atoms with Gasteiger partial charge in [-0.15, -0.1) is 0 Å². The first-order valence-electron chi connectivity index (χ1n) is 29.1. The van der Waals surface area contributed by atoms with E-state index in [0.29, 0.717) is 19.3 Å². The number of hydrogen-bond acceptors (Lipinski definition) is 6. The summed E-state index contributed by atoms with van der Waals surface area (Å²) in [7, 11) is 0. The molecule has 0 amide bonds. The minimum atomic E-state index is -0.782. The minimum absolute atomic E-state index is 0.0805. The molecule has 69 heavy (non-hydrogen) atoms. The third kappa shape index (κ3) is 55.4. The maximum absolute atomic E-state index is 12.8. The van der Waals surface area contributed by atoms with Crippen LogP contribution in [0.3, 0.4) is 0 Å². The lowest BCUT2D eigenvalue weighted by molar-refractivity contribution is -0.167. The van der Waals surface area contributed by atoms with Crippen LogP contribution in [0.4, 0.5) is 0 Å². The maximum Gasteiger partial charge on any atom is 0.306 e. The molecule has 396 valence electrons. The van der Waals surface area contributed by atoms with E-state index in [1.807, 2.05) is 0 Å². The van der Waals surface area contributed by atoms with Gasteiger partial charge in [-0.3, -0.25) is 14.4 Å². The number of allylic oxidation sites excluding steroid dienone is 14. The molecule has 0 aromatic rings. The molecular formula is C63H108O6. The van der Waals surface area contributed by atoms with E-state index in [2.05, 4.69) is 106 Å². The van der Waals surface area contributed by atoms with Gasteiger partial charge in [0.1, 0.15) is 13.2 Å². The molecular weight excluding hydrogens is 853 g/mol. The first-order valence-corrected chi connectivity index (χ1v) is 29.1. The van der Waals surface area contributed by atoms with Crippen LogP contribution in [0.5, 0.6) is 0 Å². The van der Waals surface area contributed by atoms with Gasteiger partial charge in [0.2, 0.25) is 0 Å². The van der Waals surface area contributed by atoms with Crippen LogP contribution in [0.15, 0.2) is 85.1 Å². The Morgan fingerprint density at radius 1 is 0.304 bits per heavy atom. The van der Waals surface area contributed by atoms with Crippen molar-refractivity contribution in [2.75, 3.05) is 13.2 Å². The summed E-state index contributed by atoms with van der Waals surface area (Å²) in [6, 6.07) is 0. The smallest absolute Gasteiger partial charge is 0.306 e. The van der Waals surface area contributed by atoms with Crippen molar-refractivity contribution in [2.45, 2.75) is 284 Å². The molecule has 0 fully saturated rings. The number of rotatable bonds is 52. The van der Waals surface area contributed by atoms with E-state index in [-0.39, 0.29) is 31.1 Å². The minimum Gasteiger partial charge on any atom is -0.462 e. The second-order valence-corrected chi connectivity index (χ2v) is 19.2. The highest BCUT2D eigenvalue weighted by Crippen LogP contribution is 2.16. The predicted molar refractivity (Wildman–Crippen MR) is 297 cm³/mol. The number of carbonyl (C=O) groups excluding carboxylic acids is 3. The Morgan fingerprint density at radius 2 is 0.594 bits per heavy atom. The van der Waals surface area contributed by atoms with Gasteiger partial charge in [0.25, 0.3) is 0 Å². The molecule has 0 bridgehead atoms. The fourth-order valence-electron chi connectivity index (χ4n) is 8.04. The number of carbonyl (C=O) groups is 3. The monoisotopic (exact) mass is 961 g/mol. The van der Waals surface area contributed by atoms with Crippen LogP contribution in [0.25, 0.3) is 0 Å². The van der Waals surface area contributed by atoms with Gasteiger partial charge in [0, 0.05) is 19.3 Å². The van der Waals surface area contributed by atoms with Gasteiger partial charge in [0.15, 0.2) is 6.10 Å². The normalized spacial score (nSPS) is 12.7. The molecule has 6 nitrogen and oxygen atoms in total. The summed E-state index contributed by atoms with van der Waals surface area (Å²) in [5.74, 6) is -0.893. The lowest BCUT2D eigenvalue weighted by Crippen LogP contribution is -2.30. The highest BCUT2D eigenvalue weighted by Gasteiger charge is 2.19. The van der Waals surface area contributed by atoms with Crippen LogP contribution < -0.4 is 0 Å². The van der Waals surface area contributed by atoms with Crippen molar-refractivity contribution in [3.8, 4) is 0 Å². The molecule has 0 aliphatic rings. The Balaban J connectivity index is 4.23. The van der Waals surface area contributed by atoms with Crippen LogP contribution in [-0.2, 0) is 28.6 Å². The summed E-state index contributed by atoms with van der Waals surface area (Å²) < 4.78 is 16.8. The molecule has 0 N–H and O–H groups in total. The molecule has 0 aromatic carbocycles. The average molecular weight is 962 g/mol. The lowest BCUT2D eigenvalue weighted by Gasteiger charge is -2.18. The van der Waals surface area contributed by atoms with Crippen molar-refractivity contribution < 1.29 is 28.6 Å². The van der Waals surface area contributed by atoms with Gasteiger partial charge < -0.3 is 14.2 Å². The topological polar surface area (TPSA) is 78.9 Å². The highest BCUT2D eigenvalue weighted by atomic mass is 16.6. The Morgan fingerprint density at radius 3 is 0.942 bits per heavy atom. The van der Waals surface area contributed by atoms with E-state index in [9.17, 15) is 14.4 Å². The van der Waals surface area contributed by atoms with Crippen LogP contribution in [0, 0.1) is 0 Å². The predicted octanol–water partition coefficient (Wildman–Crippen LogP) is 19.5. The Hall–Kier alpha value is -3.41. The van der Waals surface area contributed by atoms with Crippen LogP contribution in [0.2, 0.25) is 0 Å². The zero-order valence-electron chi connectivity index (χ0n) is 45.3. The molecule has 0 spiro atoms. The van der Waals surface area contributed by atoms with Gasteiger partial charge in [-0.05, 0) is 89.9 Å². The first kappa shape index (κ1) is 65.6. The summed E-state index contributed by atoms with van der Waals surface area (Å²) in [6.07, 6.45) is 74.4. The summed E-state index contributed by atoms with van der Waals surface area (Å²) in [5, 5.41) is 0. The van der Waals surface area contributed by atoms with Crippen LogP contribution >= 0.6 is 0 Å². The molecule has 0 heterocycles. The Bertz CT molecular complexity index is 1330. The van der Waals surface area contributed by atoms with Crippen molar-refractivity contribution >= 4 is 17.9 Å². The van der Waals surface area contributed by atoms with Crippen molar-refractivity contribution in [3.63, 3.8) is 0 Å². The standard InChI is InChI=1S/C63H108O6/c1-4-7-10-13-16-19-22-24-25-26-27-28-29-30-31-32-33-34-35-36-37-39-41-44-47-50-53-56-62(65)68-59-60(58-67-61(64)55-52-49-46-43-40-21-18-15-12-9-6-3)69-63(66)57-54-51-48-45-42-38-23-20-17-14-11-8-5-2/h7,10-11,14,16,19-20,23-25,27-28,30-31,60H,4-6,8-9,12-13,15,17-18,21-22,26,29,32-59H2,1-3H3/b10-7-,14-11-,19-16-,23-20-,25-24-,28-27-,31-30-. The number of hydrogen-bond donors (Lipinski definition) is 0. The van der Waals surface area contributed by atoms with Gasteiger partial charge >= 0.3 is 17.9 Å². The zero-order valence-corrected chi connectivity index (χ0v) is 45.3. The van der Waals surface area contributed by atoms with E-state index in [1.54, 1.807) is 0 Å². The fraction of sp³-hybridized carbons (Fsp3) is 0.730. The van der Waals surface area contributed by atoms with E-state index in [4.69, 9.17) is 14.2 Å². The summed E-state index contributed by atoms with van der Waals surface area (Å²) in [4.78, 5) is 38.1. The molecule has 0 aliphatic heterocycles. The first-order chi connectivity index (χ1) is 34.0. The summed E-state index contributed by atoms with van der Waals surface area (Å²) in [5.41, 5.74) is 0.